The average Bonchev–Trinajstić information content (AvgIpc) is 1.28. The Morgan fingerprint density at radius 1 is 0.393 bits per heavy atom. The van der Waals surface area contributed by atoms with Gasteiger partial charge in [0.25, 0.3) is 6.71 Å². The lowest BCUT2D eigenvalue weighted by atomic mass is 9.35. The van der Waals surface area contributed by atoms with E-state index >= 15 is 0 Å². The first-order chi connectivity index (χ1) is 39.6. The minimum absolute atomic E-state index is 0.00608. The third-order valence-corrected chi connectivity index (χ3v) is 22.6. The second-order valence-electron chi connectivity index (χ2n) is 31.9. The molecule has 0 fully saturated rings. The van der Waals surface area contributed by atoms with Crippen LogP contribution in [0.5, 0.6) is 0 Å². The van der Waals surface area contributed by atoms with E-state index in [0.717, 1.165) is 102 Å². The number of para-hydroxylation sites is 3. The maximum absolute atomic E-state index is 8.04. The first-order valence-corrected chi connectivity index (χ1v) is 31.8. The topological polar surface area (TPSA) is 36.0 Å². The first kappa shape index (κ1) is 53.8. The number of benzene rings is 7. The molecular weight excluding hydrogens is 1020 g/mol. The minimum Gasteiger partial charge on any atom is -0.472 e. The van der Waals surface area contributed by atoms with Crippen LogP contribution in [-0.2, 0) is 43.3 Å². The molecule has 0 atom stereocenters. The Morgan fingerprint density at radius 3 is 1.49 bits per heavy atom. The summed E-state index contributed by atoms with van der Waals surface area (Å²) in [6, 6.07) is 51.9. The molecule has 5 nitrogen and oxygen atoms in total. The summed E-state index contributed by atoms with van der Waals surface area (Å²) in [5, 5.41) is 2.23. The Labute approximate surface area is 500 Å². The normalized spacial score (nSPS) is 20.9. The van der Waals surface area contributed by atoms with E-state index in [-0.39, 0.29) is 50.0 Å². The fraction of sp³-hybridized carbons (Fsp3) is 0.410. The average molecular weight is 1110 g/mol. The maximum Gasteiger partial charge on any atom is 0.297 e. The standard InChI is InChI=1S/C78H86BN3O2/c1-71(2)33-35-73(5,6)55-41-48(29-31-53(55)71)81-61-46-58-57(75(9,10)37-38-76(58,11)12)45-59(61)79-66-62(81)43-50(80(47-23-18-17-19-24-47)60-27-22-26-52-51-25-20-21-28-64(51)83-68(52)60)44-63(66)82(49-30-32-54-56(42-49)74(7,8)36-34-72(54,3)4)67-65-69(84-70(67)79)78(15,16)40-39-77(65,13)14/h17-32,41-46H,33-40H2,1-16H3. The van der Waals surface area contributed by atoms with Gasteiger partial charge in [-0.15, -0.1) is 0 Å². The Bertz CT molecular complexity index is 4250. The van der Waals surface area contributed by atoms with Crippen LogP contribution in [0, 0.1) is 0 Å². The molecule has 0 N–H and O–H groups in total. The predicted molar refractivity (Wildman–Crippen MR) is 356 cm³/mol. The van der Waals surface area contributed by atoms with Crippen molar-refractivity contribution < 1.29 is 8.83 Å². The van der Waals surface area contributed by atoms with E-state index in [1.807, 2.05) is 0 Å². The molecular formula is C78H86BN3O2. The molecule has 0 bridgehead atoms. The van der Waals surface area contributed by atoms with Gasteiger partial charge in [-0.2, -0.15) is 0 Å². The highest BCUT2D eigenvalue weighted by Gasteiger charge is 2.54. The summed E-state index contributed by atoms with van der Waals surface area (Å²) < 4.78 is 15.1. The number of rotatable bonds is 5. The van der Waals surface area contributed by atoms with Crippen molar-refractivity contribution in [3.63, 3.8) is 0 Å². The molecule has 6 heteroatoms. The van der Waals surface area contributed by atoms with E-state index in [1.54, 1.807) is 0 Å². The summed E-state index contributed by atoms with van der Waals surface area (Å²) in [6.45, 7) is 39.4. The molecule has 4 heterocycles. The van der Waals surface area contributed by atoms with Crippen LogP contribution in [0.25, 0.3) is 21.9 Å². The molecule has 0 radical (unpaired) electrons. The number of hydrogen-bond donors (Lipinski definition) is 0. The van der Waals surface area contributed by atoms with Crippen molar-refractivity contribution in [3.05, 3.63) is 178 Å². The van der Waals surface area contributed by atoms with Crippen LogP contribution >= 0.6 is 0 Å². The van der Waals surface area contributed by atoms with Crippen molar-refractivity contribution in [1.82, 2.24) is 0 Å². The Hall–Kier alpha value is -6.92. The van der Waals surface area contributed by atoms with Gasteiger partial charge in [-0.3, -0.25) is 0 Å². The van der Waals surface area contributed by atoms with Crippen LogP contribution in [0.4, 0.5) is 51.2 Å². The molecule has 6 aliphatic rings. The van der Waals surface area contributed by atoms with Gasteiger partial charge in [0.2, 0.25) is 0 Å². The van der Waals surface area contributed by atoms with Crippen molar-refractivity contribution >= 4 is 96.4 Å². The van der Waals surface area contributed by atoms with Crippen molar-refractivity contribution in [3.8, 4) is 0 Å². The van der Waals surface area contributed by atoms with Crippen LogP contribution in [-0.4, -0.2) is 6.71 Å². The monoisotopic (exact) mass is 1110 g/mol. The van der Waals surface area contributed by atoms with Crippen LogP contribution < -0.4 is 31.3 Å². The van der Waals surface area contributed by atoms with E-state index in [0.29, 0.717) is 0 Å². The Kier molecular flexibility index (Phi) is 11.1. The van der Waals surface area contributed by atoms with Gasteiger partial charge in [0.1, 0.15) is 11.3 Å². The lowest BCUT2D eigenvalue weighted by Crippen LogP contribution is -2.61. The van der Waals surface area contributed by atoms with Crippen molar-refractivity contribution in [2.45, 2.75) is 205 Å². The Balaban J connectivity index is 1.13. The van der Waals surface area contributed by atoms with Crippen LogP contribution in [0.2, 0.25) is 0 Å². The van der Waals surface area contributed by atoms with Gasteiger partial charge >= 0.3 is 0 Å². The molecule has 428 valence electrons. The number of hydrogen-bond acceptors (Lipinski definition) is 5. The van der Waals surface area contributed by atoms with Gasteiger partial charge in [-0.25, -0.2) is 0 Å². The molecule has 2 aromatic heterocycles. The number of fused-ring (bicyclic) bond motifs is 12. The summed E-state index contributed by atoms with van der Waals surface area (Å²) in [4.78, 5) is 7.92. The van der Waals surface area contributed by atoms with Gasteiger partial charge in [-0.1, -0.05) is 178 Å². The summed E-state index contributed by atoms with van der Waals surface area (Å²) in [7, 11) is 0. The minimum atomic E-state index is -0.199. The summed E-state index contributed by atoms with van der Waals surface area (Å²) in [5.74, 6) is 1.15. The number of anilines is 9. The quantitative estimate of drug-likeness (QED) is 0.161. The van der Waals surface area contributed by atoms with Crippen molar-refractivity contribution in [2.24, 2.45) is 0 Å². The van der Waals surface area contributed by atoms with Gasteiger partial charge < -0.3 is 23.5 Å². The molecule has 0 amide bonds. The van der Waals surface area contributed by atoms with Gasteiger partial charge in [-0.05, 0) is 200 Å². The summed E-state index contributed by atoms with van der Waals surface area (Å²) in [5.41, 5.74) is 25.7. The molecule has 9 aromatic rings. The highest BCUT2D eigenvalue weighted by atomic mass is 16.3. The van der Waals surface area contributed by atoms with E-state index < -0.39 is 0 Å². The molecule has 84 heavy (non-hydrogen) atoms. The fourth-order valence-electron chi connectivity index (χ4n) is 16.8. The second kappa shape index (κ2) is 17.4. The largest absolute Gasteiger partial charge is 0.472 e. The predicted octanol–water partition coefficient (Wildman–Crippen LogP) is 20.1. The molecule has 7 aromatic carbocycles. The second-order valence-corrected chi connectivity index (χ2v) is 31.9. The lowest BCUT2D eigenvalue weighted by molar-refractivity contribution is 0.282. The Morgan fingerprint density at radius 2 is 0.881 bits per heavy atom. The van der Waals surface area contributed by atoms with Crippen LogP contribution in [0.1, 0.15) is 207 Å². The first-order valence-electron chi connectivity index (χ1n) is 31.8. The molecule has 0 spiro atoms. The molecule has 2 aliphatic heterocycles. The van der Waals surface area contributed by atoms with E-state index in [9.17, 15) is 0 Å². The zero-order valence-corrected chi connectivity index (χ0v) is 53.1. The highest BCUT2D eigenvalue weighted by molar-refractivity contribution is 6.99. The molecule has 0 saturated carbocycles. The lowest BCUT2D eigenvalue weighted by Gasteiger charge is -2.48. The van der Waals surface area contributed by atoms with Crippen molar-refractivity contribution in [1.29, 1.82) is 0 Å². The maximum atomic E-state index is 8.04. The van der Waals surface area contributed by atoms with E-state index in [2.05, 4.69) is 259 Å². The zero-order chi connectivity index (χ0) is 58.8. The molecule has 0 unspecified atom stereocenters. The SMILES string of the molecule is CC1(C)CCC(C)(C)c2cc(N3c4cc5c(cc4B4c6oc7c(c6N(c6ccc8c(c6)C(C)(C)CCC8(C)C)c6cc(N(c8ccccc8)c8cccc9c8oc8ccccc89)cc3c64)C(C)(C)CCC7(C)C)C(C)(C)CCC5(C)C)ccc21. The van der Waals surface area contributed by atoms with Gasteiger partial charge in [0.05, 0.1) is 22.7 Å². The third-order valence-electron chi connectivity index (χ3n) is 22.6. The third kappa shape index (κ3) is 7.65. The van der Waals surface area contributed by atoms with Crippen molar-refractivity contribution in [2.75, 3.05) is 14.7 Å². The van der Waals surface area contributed by atoms with Crippen LogP contribution in [0.15, 0.2) is 142 Å². The molecule has 15 rings (SSSR count). The summed E-state index contributed by atoms with van der Waals surface area (Å²) in [6.07, 6.45) is 8.98. The zero-order valence-electron chi connectivity index (χ0n) is 53.1. The summed E-state index contributed by atoms with van der Waals surface area (Å²) >= 11 is 0. The van der Waals surface area contributed by atoms with Gasteiger partial charge in [0.15, 0.2) is 5.58 Å². The molecule has 4 aliphatic carbocycles. The van der Waals surface area contributed by atoms with Crippen LogP contribution in [0.3, 0.4) is 0 Å². The van der Waals surface area contributed by atoms with Gasteiger partial charge in [0, 0.05) is 55.9 Å². The highest BCUT2D eigenvalue weighted by Crippen LogP contribution is 2.59. The molecule has 0 saturated heterocycles. The number of nitrogens with zero attached hydrogens (tertiary/aromatic N) is 3. The fourth-order valence-corrected chi connectivity index (χ4v) is 16.8. The van der Waals surface area contributed by atoms with E-state index in [4.69, 9.17) is 8.83 Å². The number of furan rings is 2. The van der Waals surface area contributed by atoms with E-state index in [1.165, 1.54) is 84.0 Å². The smallest absolute Gasteiger partial charge is 0.297 e.